The second-order valence-corrected chi connectivity index (χ2v) is 8.50. The fraction of sp³-hybridized carbons (Fsp3) is 0.588. The molecular formula is C17H27N3O3S. The molecule has 1 aromatic rings. The molecule has 0 aliphatic carbocycles. The highest BCUT2D eigenvalue weighted by Crippen LogP contribution is 2.18. The van der Waals surface area contributed by atoms with E-state index in [0.29, 0.717) is 24.7 Å². The van der Waals surface area contributed by atoms with Gasteiger partial charge in [0.25, 0.3) is 10.2 Å². The first kappa shape index (κ1) is 18.9. The summed E-state index contributed by atoms with van der Waals surface area (Å²) in [4.78, 5) is 11.6. The van der Waals surface area contributed by atoms with Gasteiger partial charge in [-0.15, -0.1) is 0 Å². The summed E-state index contributed by atoms with van der Waals surface area (Å²) in [5, 5.41) is 2.81. The topological polar surface area (TPSA) is 78.5 Å². The quantitative estimate of drug-likeness (QED) is 0.824. The SMILES string of the molecule is CC1CCN(S(=O)(=O)NCc2ccc(NC(=O)C(C)C)cc2)CC1. The van der Waals surface area contributed by atoms with Crippen molar-refractivity contribution in [3.63, 3.8) is 0 Å². The highest BCUT2D eigenvalue weighted by atomic mass is 32.2. The standard InChI is InChI=1S/C17H27N3O3S/c1-13(2)17(21)19-16-6-4-15(5-7-16)12-18-24(22,23)20-10-8-14(3)9-11-20/h4-7,13-14,18H,8-12H2,1-3H3,(H,19,21). The zero-order valence-electron chi connectivity index (χ0n) is 14.6. The molecule has 1 aromatic carbocycles. The van der Waals surface area contributed by atoms with E-state index in [1.165, 1.54) is 4.31 Å². The summed E-state index contributed by atoms with van der Waals surface area (Å²) in [6.07, 6.45) is 1.82. The molecule has 0 spiro atoms. The van der Waals surface area contributed by atoms with Crippen molar-refractivity contribution >= 4 is 21.8 Å². The van der Waals surface area contributed by atoms with Gasteiger partial charge in [-0.25, -0.2) is 0 Å². The normalized spacial score (nSPS) is 17.2. The van der Waals surface area contributed by atoms with Crippen LogP contribution in [0.2, 0.25) is 0 Å². The molecule has 1 aliphatic rings. The van der Waals surface area contributed by atoms with Crippen LogP contribution in [0.1, 0.15) is 39.2 Å². The Kier molecular flexibility index (Phi) is 6.37. The summed E-state index contributed by atoms with van der Waals surface area (Å²) < 4.78 is 28.8. The fourth-order valence-electron chi connectivity index (χ4n) is 2.48. The maximum absolute atomic E-state index is 12.3. The van der Waals surface area contributed by atoms with Crippen molar-refractivity contribution in [1.29, 1.82) is 0 Å². The number of nitrogens with zero attached hydrogens (tertiary/aromatic N) is 1. The average Bonchev–Trinajstić information content (AvgIpc) is 2.54. The Labute approximate surface area is 144 Å². The number of piperidine rings is 1. The van der Waals surface area contributed by atoms with Crippen molar-refractivity contribution in [2.45, 2.75) is 40.2 Å². The van der Waals surface area contributed by atoms with E-state index in [9.17, 15) is 13.2 Å². The number of benzene rings is 1. The first-order valence-electron chi connectivity index (χ1n) is 8.42. The molecule has 0 unspecified atom stereocenters. The molecule has 1 fully saturated rings. The molecule has 0 atom stereocenters. The molecule has 1 saturated heterocycles. The van der Waals surface area contributed by atoms with E-state index < -0.39 is 10.2 Å². The number of carbonyl (C=O) groups is 1. The van der Waals surface area contributed by atoms with E-state index in [0.717, 1.165) is 18.4 Å². The highest BCUT2D eigenvalue weighted by molar-refractivity contribution is 7.87. The molecule has 0 radical (unpaired) electrons. The number of hydrogen-bond donors (Lipinski definition) is 2. The Morgan fingerprint density at radius 3 is 2.33 bits per heavy atom. The van der Waals surface area contributed by atoms with Crippen molar-refractivity contribution < 1.29 is 13.2 Å². The third-order valence-electron chi connectivity index (χ3n) is 4.29. The van der Waals surface area contributed by atoms with E-state index in [2.05, 4.69) is 17.0 Å². The van der Waals surface area contributed by atoms with Gasteiger partial charge >= 0.3 is 0 Å². The van der Waals surface area contributed by atoms with E-state index in [1.807, 2.05) is 26.0 Å². The van der Waals surface area contributed by atoms with Gasteiger partial charge in [-0.05, 0) is 36.5 Å². The molecule has 0 bridgehead atoms. The second kappa shape index (κ2) is 8.09. The van der Waals surface area contributed by atoms with Crippen molar-refractivity contribution in [3.8, 4) is 0 Å². The van der Waals surface area contributed by atoms with Gasteiger partial charge in [-0.1, -0.05) is 32.9 Å². The van der Waals surface area contributed by atoms with Crippen LogP contribution < -0.4 is 10.0 Å². The predicted molar refractivity (Wildman–Crippen MR) is 95.6 cm³/mol. The minimum Gasteiger partial charge on any atom is -0.326 e. The third kappa shape index (κ3) is 5.29. The lowest BCUT2D eigenvalue weighted by Gasteiger charge is -2.29. The highest BCUT2D eigenvalue weighted by Gasteiger charge is 2.25. The van der Waals surface area contributed by atoms with E-state index in [4.69, 9.17) is 0 Å². The Morgan fingerprint density at radius 1 is 1.21 bits per heavy atom. The van der Waals surface area contributed by atoms with Gasteiger partial charge in [-0.2, -0.15) is 17.4 Å². The number of hydrogen-bond acceptors (Lipinski definition) is 3. The first-order chi connectivity index (χ1) is 11.3. The molecule has 134 valence electrons. The van der Waals surface area contributed by atoms with Gasteiger partial charge < -0.3 is 5.32 Å². The molecule has 2 N–H and O–H groups in total. The van der Waals surface area contributed by atoms with Crippen LogP contribution in [0.5, 0.6) is 0 Å². The summed E-state index contributed by atoms with van der Waals surface area (Å²) in [5.74, 6) is 0.469. The second-order valence-electron chi connectivity index (χ2n) is 6.75. The molecule has 1 aliphatic heterocycles. The maximum Gasteiger partial charge on any atom is 0.279 e. The number of amides is 1. The van der Waals surface area contributed by atoms with E-state index in [1.54, 1.807) is 12.1 Å². The molecule has 1 heterocycles. The summed E-state index contributed by atoms with van der Waals surface area (Å²) in [5.41, 5.74) is 1.57. The van der Waals surface area contributed by atoms with Crippen molar-refractivity contribution in [3.05, 3.63) is 29.8 Å². The van der Waals surface area contributed by atoms with Crippen LogP contribution in [-0.2, 0) is 21.5 Å². The molecule has 7 heteroatoms. The van der Waals surface area contributed by atoms with Gasteiger partial charge in [0.1, 0.15) is 0 Å². The minimum atomic E-state index is -3.43. The van der Waals surface area contributed by atoms with Crippen LogP contribution in [0, 0.1) is 11.8 Å². The van der Waals surface area contributed by atoms with Gasteiger partial charge in [0.2, 0.25) is 5.91 Å². The number of carbonyl (C=O) groups excluding carboxylic acids is 1. The summed E-state index contributed by atoms with van der Waals surface area (Å²) >= 11 is 0. The van der Waals surface area contributed by atoms with Gasteiger partial charge in [0.05, 0.1) is 0 Å². The lowest BCUT2D eigenvalue weighted by atomic mass is 10.0. The van der Waals surface area contributed by atoms with Gasteiger partial charge in [0.15, 0.2) is 0 Å². The summed E-state index contributed by atoms with van der Waals surface area (Å²) in [6, 6.07) is 7.20. The number of nitrogens with one attached hydrogen (secondary N) is 2. The Balaban J connectivity index is 1.88. The summed E-state index contributed by atoms with van der Waals surface area (Å²) in [6.45, 7) is 7.22. The van der Waals surface area contributed by atoms with E-state index >= 15 is 0 Å². The lowest BCUT2D eigenvalue weighted by Crippen LogP contribution is -2.44. The fourth-order valence-corrected chi connectivity index (χ4v) is 3.71. The van der Waals surface area contributed by atoms with Crippen LogP contribution in [0.3, 0.4) is 0 Å². The zero-order valence-corrected chi connectivity index (χ0v) is 15.4. The molecule has 6 nitrogen and oxygen atoms in total. The molecule has 2 rings (SSSR count). The van der Waals surface area contributed by atoms with Gasteiger partial charge in [0, 0.05) is 31.2 Å². The molecular weight excluding hydrogens is 326 g/mol. The number of anilines is 1. The molecule has 0 aromatic heterocycles. The van der Waals surface area contributed by atoms with Crippen molar-refractivity contribution in [2.75, 3.05) is 18.4 Å². The third-order valence-corrected chi connectivity index (χ3v) is 5.84. The van der Waals surface area contributed by atoms with Crippen LogP contribution in [0.15, 0.2) is 24.3 Å². The largest absolute Gasteiger partial charge is 0.326 e. The van der Waals surface area contributed by atoms with Crippen molar-refractivity contribution in [2.24, 2.45) is 11.8 Å². The number of rotatable bonds is 6. The van der Waals surface area contributed by atoms with Gasteiger partial charge in [-0.3, -0.25) is 4.79 Å². The predicted octanol–water partition coefficient (Wildman–Crippen LogP) is 2.35. The molecule has 1 amide bonds. The Hall–Kier alpha value is -1.44. The molecule has 0 saturated carbocycles. The maximum atomic E-state index is 12.3. The average molecular weight is 353 g/mol. The summed E-state index contributed by atoms with van der Waals surface area (Å²) in [7, 11) is -3.43. The Bertz CT molecular complexity index is 648. The smallest absolute Gasteiger partial charge is 0.279 e. The van der Waals surface area contributed by atoms with E-state index in [-0.39, 0.29) is 18.4 Å². The Morgan fingerprint density at radius 2 is 1.79 bits per heavy atom. The van der Waals surface area contributed by atoms with Crippen LogP contribution in [0.25, 0.3) is 0 Å². The lowest BCUT2D eigenvalue weighted by molar-refractivity contribution is -0.118. The first-order valence-corrected chi connectivity index (χ1v) is 9.86. The van der Waals surface area contributed by atoms with Crippen LogP contribution >= 0.6 is 0 Å². The minimum absolute atomic E-state index is 0.0391. The monoisotopic (exact) mass is 353 g/mol. The molecule has 24 heavy (non-hydrogen) atoms. The zero-order chi connectivity index (χ0) is 17.7. The van der Waals surface area contributed by atoms with Crippen LogP contribution in [0.4, 0.5) is 5.69 Å². The van der Waals surface area contributed by atoms with Crippen LogP contribution in [-0.4, -0.2) is 31.7 Å². The van der Waals surface area contributed by atoms with Crippen molar-refractivity contribution in [1.82, 2.24) is 9.03 Å².